The van der Waals surface area contributed by atoms with E-state index in [0.29, 0.717) is 5.76 Å². The van der Waals surface area contributed by atoms with Crippen LogP contribution < -0.4 is 0 Å². The lowest BCUT2D eigenvalue weighted by Gasteiger charge is -2.56. The maximum absolute atomic E-state index is 12.0. The van der Waals surface area contributed by atoms with Gasteiger partial charge < -0.3 is 19.0 Å². The van der Waals surface area contributed by atoms with E-state index in [9.17, 15) is 9.90 Å². The van der Waals surface area contributed by atoms with Gasteiger partial charge in [-0.15, -0.1) is 0 Å². The Morgan fingerprint density at radius 2 is 2.00 bits per heavy atom. The summed E-state index contributed by atoms with van der Waals surface area (Å²) < 4.78 is 17.7. The molecule has 2 bridgehead atoms. The van der Waals surface area contributed by atoms with E-state index < -0.39 is 5.60 Å². The van der Waals surface area contributed by atoms with Gasteiger partial charge in [-0.05, 0) is 77.4 Å². The minimum absolute atomic E-state index is 0.0110. The number of allylic oxidation sites excluding steroid dienone is 2. The molecule has 2 fully saturated rings. The molecule has 0 amide bonds. The fourth-order valence-electron chi connectivity index (χ4n) is 6.06. The first-order chi connectivity index (χ1) is 14.0. The van der Waals surface area contributed by atoms with Gasteiger partial charge in [-0.3, -0.25) is 0 Å². The van der Waals surface area contributed by atoms with Crippen LogP contribution in [0.5, 0.6) is 0 Å². The van der Waals surface area contributed by atoms with Gasteiger partial charge in [0.2, 0.25) is 0 Å². The lowest BCUT2D eigenvalue weighted by Crippen LogP contribution is -2.58. The molecule has 1 aromatic rings. The Hall–Kier alpha value is -1.85. The lowest BCUT2D eigenvalue weighted by atomic mass is 9.55. The molecule has 0 unspecified atom stereocenters. The summed E-state index contributed by atoms with van der Waals surface area (Å²) in [5.41, 5.74) is 0.416. The SMILES string of the molecule is CC(C)=CC(=O)OC=C[C@H]1c2cc(C)oc2[C@]2(O)COC(C)(C)[C@@H]3CC[C@@]1(C)C[C@@H]32. The van der Waals surface area contributed by atoms with E-state index in [1.54, 1.807) is 0 Å². The van der Waals surface area contributed by atoms with Crippen molar-refractivity contribution in [3.05, 3.63) is 47.1 Å². The summed E-state index contributed by atoms with van der Waals surface area (Å²) >= 11 is 0. The number of rotatable bonds is 3. The summed E-state index contributed by atoms with van der Waals surface area (Å²) in [6.07, 6.45) is 7.84. The maximum Gasteiger partial charge on any atom is 0.335 e. The van der Waals surface area contributed by atoms with Crippen molar-refractivity contribution >= 4 is 5.97 Å². The summed E-state index contributed by atoms with van der Waals surface area (Å²) in [4.78, 5) is 12.0. The van der Waals surface area contributed by atoms with E-state index >= 15 is 0 Å². The van der Waals surface area contributed by atoms with E-state index in [2.05, 4.69) is 20.8 Å². The summed E-state index contributed by atoms with van der Waals surface area (Å²) in [5, 5.41) is 11.9. The van der Waals surface area contributed by atoms with Crippen molar-refractivity contribution in [1.29, 1.82) is 0 Å². The van der Waals surface area contributed by atoms with Crippen LogP contribution in [0.1, 0.15) is 76.9 Å². The number of carbonyl (C=O) groups is 1. The zero-order chi connectivity index (χ0) is 21.9. The van der Waals surface area contributed by atoms with Crippen LogP contribution in [0.25, 0.3) is 0 Å². The van der Waals surface area contributed by atoms with E-state index in [-0.39, 0.29) is 41.3 Å². The largest absolute Gasteiger partial charge is 0.463 e. The lowest BCUT2D eigenvalue weighted by molar-refractivity contribution is -0.247. The second-order valence-electron chi connectivity index (χ2n) is 10.5. The molecule has 2 aliphatic carbocycles. The molecule has 2 heterocycles. The highest BCUT2D eigenvalue weighted by molar-refractivity contribution is 5.83. The maximum atomic E-state index is 12.0. The van der Waals surface area contributed by atoms with Crippen molar-refractivity contribution in [1.82, 2.24) is 0 Å². The topological polar surface area (TPSA) is 68.9 Å². The number of aliphatic hydroxyl groups is 1. The monoisotopic (exact) mass is 414 g/mol. The van der Waals surface area contributed by atoms with Crippen molar-refractivity contribution in [3.8, 4) is 0 Å². The smallest absolute Gasteiger partial charge is 0.335 e. The van der Waals surface area contributed by atoms with E-state index in [4.69, 9.17) is 13.9 Å². The molecule has 1 aromatic heterocycles. The Bertz CT molecular complexity index is 903. The van der Waals surface area contributed by atoms with Gasteiger partial charge in [0.25, 0.3) is 0 Å². The Kier molecular flexibility index (Phi) is 5.06. The van der Waals surface area contributed by atoms with E-state index in [1.807, 2.05) is 32.9 Å². The van der Waals surface area contributed by atoms with Crippen molar-refractivity contribution < 1.29 is 23.8 Å². The summed E-state index contributed by atoms with van der Waals surface area (Å²) in [7, 11) is 0. The van der Waals surface area contributed by atoms with Crippen LogP contribution >= 0.6 is 0 Å². The molecule has 1 aliphatic heterocycles. The zero-order valence-corrected chi connectivity index (χ0v) is 19.0. The van der Waals surface area contributed by atoms with Crippen LogP contribution in [0.2, 0.25) is 0 Å². The highest BCUT2D eigenvalue weighted by atomic mass is 16.5. The Balaban J connectivity index is 1.76. The fourth-order valence-corrected chi connectivity index (χ4v) is 6.06. The number of esters is 1. The standard InChI is InChI=1S/C25H34O5/c1-15(2)11-21(26)28-10-8-18-17-12-16(3)30-22(17)25(27)14-29-23(4,5)19-7-9-24(18,6)13-20(19)25/h8,10-12,18-20,27H,7,9,13-14H2,1-6H3/t18-,19+,20-,24-,25-/m0/s1. The van der Waals surface area contributed by atoms with Crippen LogP contribution in [0.15, 0.2) is 34.5 Å². The number of furan rings is 1. The minimum atomic E-state index is -1.13. The number of hydrogen-bond acceptors (Lipinski definition) is 5. The third-order valence-corrected chi connectivity index (χ3v) is 7.59. The molecular formula is C25H34O5. The van der Waals surface area contributed by atoms with Gasteiger partial charge >= 0.3 is 5.97 Å². The first kappa shape index (κ1) is 21.4. The van der Waals surface area contributed by atoms with Gasteiger partial charge in [0.1, 0.15) is 17.1 Å². The van der Waals surface area contributed by atoms with Gasteiger partial charge in [0.15, 0.2) is 0 Å². The third-order valence-electron chi connectivity index (χ3n) is 7.59. The number of carbonyl (C=O) groups excluding carboxylic acids is 1. The molecule has 5 heteroatoms. The number of hydrogen-bond donors (Lipinski definition) is 1. The second kappa shape index (κ2) is 7.10. The van der Waals surface area contributed by atoms with E-state index in [1.165, 1.54) is 12.3 Å². The quantitative estimate of drug-likeness (QED) is 0.422. The molecule has 3 aliphatic rings. The van der Waals surface area contributed by atoms with Crippen LogP contribution in [0.3, 0.4) is 0 Å². The highest BCUT2D eigenvalue weighted by Gasteiger charge is 2.62. The van der Waals surface area contributed by atoms with Gasteiger partial charge in [0, 0.05) is 23.5 Å². The molecule has 0 spiro atoms. The molecule has 0 aromatic carbocycles. The van der Waals surface area contributed by atoms with Crippen LogP contribution in [-0.4, -0.2) is 23.3 Å². The highest BCUT2D eigenvalue weighted by Crippen LogP contribution is 2.63. The Morgan fingerprint density at radius 1 is 1.27 bits per heavy atom. The summed E-state index contributed by atoms with van der Waals surface area (Å²) in [6, 6.07) is 2.03. The molecule has 0 radical (unpaired) electrons. The molecule has 1 saturated carbocycles. The summed E-state index contributed by atoms with van der Waals surface area (Å²) in [6.45, 7) is 12.4. The Labute approximate surface area is 179 Å². The average Bonchev–Trinajstić information content (AvgIpc) is 3.01. The number of aryl methyl sites for hydroxylation is 1. The Morgan fingerprint density at radius 3 is 2.70 bits per heavy atom. The molecule has 1 saturated heterocycles. The van der Waals surface area contributed by atoms with Crippen molar-refractivity contribution in [2.24, 2.45) is 17.3 Å². The second-order valence-corrected chi connectivity index (χ2v) is 10.5. The molecule has 5 atom stereocenters. The molecule has 1 N–H and O–H groups in total. The molecule has 30 heavy (non-hydrogen) atoms. The van der Waals surface area contributed by atoms with Gasteiger partial charge in [0.05, 0.1) is 18.5 Å². The first-order valence-corrected chi connectivity index (χ1v) is 11.0. The minimum Gasteiger partial charge on any atom is -0.463 e. The zero-order valence-electron chi connectivity index (χ0n) is 19.0. The van der Waals surface area contributed by atoms with Crippen LogP contribution in [-0.2, 0) is 19.9 Å². The average molecular weight is 415 g/mol. The first-order valence-electron chi connectivity index (χ1n) is 11.0. The number of ether oxygens (including phenoxy) is 2. The summed E-state index contributed by atoms with van der Waals surface area (Å²) in [5.74, 6) is 1.35. The molecule has 5 nitrogen and oxygen atoms in total. The van der Waals surface area contributed by atoms with Gasteiger partial charge in [-0.25, -0.2) is 4.79 Å². The molecule has 4 rings (SSSR count). The van der Waals surface area contributed by atoms with Crippen molar-refractivity contribution in [3.63, 3.8) is 0 Å². The third kappa shape index (κ3) is 3.36. The predicted octanol–water partition coefficient (Wildman–Crippen LogP) is 5.13. The van der Waals surface area contributed by atoms with Crippen LogP contribution in [0.4, 0.5) is 0 Å². The molecular weight excluding hydrogens is 380 g/mol. The van der Waals surface area contributed by atoms with Gasteiger partial charge in [-0.1, -0.05) is 12.5 Å². The fraction of sp³-hybridized carbons (Fsp3) is 0.640. The molecule has 164 valence electrons. The predicted molar refractivity (Wildman–Crippen MR) is 114 cm³/mol. The van der Waals surface area contributed by atoms with Crippen molar-refractivity contribution in [2.45, 2.75) is 77.9 Å². The van der Waals surface area contributed by atoms with Gasteiger partial charge in [-0.2, -0.15) is 0 Å². The van der Waals surface area contributed by atoms with Crippen LogP contribution in [0, 0.1) is 24.2 Å². The van der Waals surface area contributed by atoms with E-state index in [0.717, 1.165) is 36.2 Å². The normalized spacial score (nSPS) is 36.7. The van der Waals surface area contributed by atoms with Crippen molar-refractivity contribution in [2.75, 3.05) is 6.61 Å². The number of fused-ring (bicyclic) bond motifs is 3.